The van der Waals surface area contributed by atoms with Gasteiger partial charge >= 0.3 is 0 Å². The summed E-state index contributed by atoms with van der Waals surface area (Å²) in [5, 5.41) is 0. The van der Waals surface area contributed by atoms with E-state index in [1.165, 1.54) is 0 Å². The zero-order valence-electron chi connectivity index (χ0n) is 5.72. The normalized spacial score (nSPS) is 24.3. The van der Waals surface area contributed by atoms with E-state index in [1.54, 1.807) is 0 Å². The largest absolute Gasteiger partial charge is 0.330 e. The van der Waals surface area contributed by atoms with Gasteiger partial charge in [0, 0.05) is 2.74 Å². The van der Waals surface area contributed by atoms with Crippen molar-refractivity contribution in [3.8, 4) is 0 Å². The van der Waals surface area contributed by atoms with E-state index in [4.69, 9.17) is 14.2 Å². The fourth-order valence-electron chi connectivity index (χ4n) is 0.192. The Labute approximate surface area is 41.3 Å². The molecule has 0 aliphatic carbocycles. The second-order valence-corrected chi connectivity index (χ2v) is 1.05. The van der Waals surface area contributed by atoms with Gasteiger partial charge in [-0.05, 0) is 25.9 Å². The summed E-state index contributed by atoms with van der Waals surface area (Å²) < 4.78 is 13.6. The first-order chi connectivity index (χ1) is 3.63. The van der Waals surface area contributed by atoms with E-state index in [0.717, 1.165) is 0 Å². The lowest BCUT2D eigenvalue weighted by Gasteiger charge is -1.87. The molecule has 0 unspecified atom stereocenters. The summed E-state index contributed by atoms with van der Waals surface area (Å²) in [4.78, 5) is 0. The van der Waals surface area contributed by atoms with Crippen LogP contribution in [0.15, 0.2) is 0 Å². The van der Waals surface area contributed by atoms with Crippen LogP contribution in [0, 0.1) is 0 Å². The van der Waals surface area contributed by atoms with Gasteiger partial charge in [0.1, 0.15) is 0 Å². The molecule has 0 saturated heterocycles. The molecule has 0 aliphatic heterocycles. The van der Waals surface area contributed by atoms with Gasteiger partial charge in [0.05, 0.1) is 0 Å². The Hall–Kier alpha value is -0.0800. The molecule has 0 saturated carbocycles. The molecule has 0 bridgehead atoms. The van der Waals surface area contributed by atoms with E-state index in [1.807, 2.05) is 0 Å². The molecule has 0 aliphatic rings. The molecule has 0 heterocycles. The third kappa shape index (κ3) is 3.92. The van der Waals surface area contributed by atoms with Crippen LogP contribution in [0.25, 0.3) is 0 Å². The molecule has 38 valence electrons. The van der Waals surface area contributed by atoms with E-state index >= 15 is 0 Å². The van der Waals surface area contributed by atoms with E-state index < -0.39 is 13.0 Å². The van der Waals surface area contributed by atoms with Gasteiger partial charge in [0.25, 0.3) is 0 Å². The summed E-state index contributed by atoms with van der Waals surface area (Å²) in [5.41, 5.74) is 10.1. The number of rotatable bonds is 3. The molecule has 0 spiro atoms. The minimum Gasteiger partial charge on any atom is -0.330 e. The maximum atomic E-state index is 6.81. The summed E-state index contributed by atoms with van der Waals surface area (Å²) in [6, 6.07) is 0. The van der Waals surface area contributed by atoms with Gasteiger partial charge in [0.15, 0.2) is 0 Å². The van der Waals surface area contributed by atoms with Crippen LogP contribution in [-0.4, -0.2) is 13.0 Å². The minimum atomic E-state index is -0.564. The smallest absolute Gasteiger partial charge is 0.0425 e. The van der Waals surface area contributed by atoms with Gasteiger partial charge in [0.2, 0.25) is 0 Å². The van der Waals surface area contributed by atoms with Crippen molar-refractivity contribution >= 4 is 0 Å². The van der Waals surface area contributed by atoms with Crippen LogP contribution in [0.4, 0.5) is 0 Å². The first-order valence-electron chi connectivity index (χ1n) is 3.14. The van der Waals surface area contributed by atoms with E-state index in [0.29, 0.717) is 12.8 Å². The topological polar surface area (TPSA) is 52.0 Å². The predicted molar refractivity (Wildman–Crippen MR) is 27.3 cm³/mol. The van der Waals surface area contributed by atoms with Crippen molar-refractivity contribution in [1.82, 2.24) is 0 Å². The van der Waals surface area contributed by atoms with E-state index in [9.17, 15) is 0 Å². The lowest BCUT2D eigenvalue weighted by Crippen LogP contribution is -2.03. The molecule has 4 N–H and O–H groups in total. The predicted octanol–water partition coefficient (Wildman–Crippen LogP) is -0.316. The number of hydrogen-bond acceptors (Lipinski definition) is 2. The van der Waals surface area contributed by atoms with Crippen LogP contribution in [-0.2, 0) is 0 Å². The molecule has 0 aromatic rings. The molecule has 2 heteroatoms. The molecule has 0 amide bonds. The van der Waals surface area contributed by atoms with Gasteiger partial charge in [-0.3, -0.25) is 0 Å². The standard InChI is InChI=1S/C4H12N2/c5-3-1-2-4-6/h1-6H2/i3D,4D/t3-,4-/m1/s1. The van der Waals surface area contributed by atoms with Gasteiger partial charge in [-0.1, -0.05) is 0 Å². The highest BCUT2D eigenvalue weighted by Gasteiger charge is 1.75. The molecule has 0 rings (SSSR count). The van der Waals surface area contributed by atoms with Crippen LogP contribution < -0.4 is 11.5 Å². The second kappa shape index (κ2) is 4.92. The highest BCUT2D eigenvalue weighted by Crippen LogP contribution is 1.77. The third-order valence-corrected chi connectivity index (χ3v) is 0.500. The first-order valence-corrected chi connectivity index (χ1v) is 1.98. The molecule has 6 heavy (non-hydrogen) atoms. The molecule has 0 radical (unpaired) electrons. The monoisotopic (exact) mass is 90.1 g/mol. The van der Waals surface area contributed by atoms with Crippen LogP contribution >= 0.6 is 0 Å². The third-order valence-electron chi connectivity index (χ3n) is 0.500. The average Bonchev–Trinajstić information content (AvgIpc) is 1.61. The summed E-state index contributed by atoms with van der Waals surface area (Å²) in [7, 11) is 0. The van der Waals surface area contributed by atoms with Crippen molar-refractivity contribution in [2.45, 2.75) is 12.8 Å². The second-order valence-electron chi connectivity index (χ2n) is 1.05. The van der Waals surface area contributed by atoms with Gasteiger partial charge in [-0.25, -0.2) is 0 Å². The van der Waals surface area contributed by atoms with Crippen LogP contribution in [0.3, 0.4) is 0 Å². The molecule has 2 atom stereocenters. The average molecular weight is 90.2 g/mol. The van der Waals surface area contributed by atoms with Crippen molar-refractivity contribution in [3.05, 3.63) is 0 Å². The fraction of sp³-hybridized carbons (Fsp3) is 1.00. The van der Waals surface area contributed by atoms with E-state index in [2.05, 4.69) is 0 Å². The van der Waals surface area contributed by atoms with Gasteiger partial charge in [-0.2, -0.15) is 0 Å². The Morgan fingerprint density at radius 2 is 1.50 bits per heavy atom. The Morgan fingerprint density at radius 3 is 1.67 bits per heavy atom. The van der Waals surface area contributed by atoms with Crippen molar-refractivity contribution < 1.29 is 2.74 Å². The SMILES string of the molecule is [2H][C@@H](N)CC[C@@H]([2H])N. The Balaban J connectivity index is 2.93. The lowest BCUT2D eigenvalue weighted by molar-refractivity contribution is 0.755. The molecule has 2 nitrogen and oxygen atoms in total. The highest BCUT2D eigenvalue weighted by molar-refractivity contribution is 4.38. The summed E-state index contributed by atoms with van der Waals surface area (Å²) >= 11 is 0. The summed E-state index contributed by atoms with van der Waals surface area (Å²) in [5.74, 6) is 0. The van der Waals surface area contributed by atoms with Gasteiger partial charge in [-0.15, -0.1) is 0 Å². The maximum absolute atomic E-state index is 6.81. The van der Waals surface area contributed by atoms with Crippen LogP contribution in [0.5, 0.6) is 0 Å². The first kappa shape index (κ1) is 2.99. The molecule has 0 fully saturated rings. The van der Waals surface area contributed by atoms with Crippen molar-refractivity contribution in [3.63, 3.8) is 0 Å². The Morgan fingerprint density at radius 1 is 1.17 bits per heavy atom. The molecular weight excluding hydrogens is 76.1 g/mol. The number of hydrogen-bond donors (Lipinski definition) is 2. The Bertz CT molecular complexity index is 48.0. The number of nitrogens with two attached hydrogens (primary N) is 2. The lowest BCUT2D eigenvalue weighted by atomic mass is 10.3. The molecular formula is C4H12N2. The molecule has 0 aromatic carbocycles. The fourth-order valence-corrected chi connectivity index (χ4v) is 0.192. The van der Waals surface area contributed by atoms with Crippen molar-refractivity contribution in [2.75, 3.05) is 13.0 Å². The molecule has 0 aromatic heterocycles. The van der Waals surface area contributed by atoms with Crippen LogP contribution in [0.1, 0.15) is 15.6 Å². The Kier molecular flexibility index (Phi) is 2.45. The zero-order chi connectivity index (χ0) is 6.57. The van der Waals surface area contributed by atoms with Crippen molar-refractivity contribution in [1.29, 1.82) is 0 Å². The van der Waals surface area contributed by atoms with E-state index in [-0.39, 0.29) is 0 Å². The van der Waals surface area contributed by atoms with Gasteiger partial charge < -0.3 is 11.5 Å². The summed E-state index contributed by atoms with van der Waals surface area (Å²) in [6.45, 7) is -1.13. The highest BCUT2D eigenvalue weighted by atomic mass is 14.5. The maximum Gasteiger partial charge on any atom is 0.0425 e. The zero-order valence-corrected chi connectivity index (χ0v) is 3.72. The quantitative estimate of drug-likeness (QED) is 0.499. The van der Waals surface area contributed by atoms with Crippen molar-refractivity contribution in [2.24, 2.45) is 11.5 Å². The van der Waals surface area contributed by atoms with Crippen LogP contribution in [0.2, 0.25) is 0 Å². The summed E-state index contributed by atoms with van der Waals surface area (Å²) in [6.07, 6.45) is 1.04. The minimum absolute atomic E-state index is 0.519.